The predicted molar refractivity (Wildman–Crippen MR) is 64.6 cm³/mol. The Labute approximate surface area is 95.5 Å². The van der Waals surface area contributed by atoms with E-state index in [0.717, 1.165) is 4.43 Å². The van der Waals surface area contributed by atoms with Crippen LogP contribution in [0.3, 0.4) is 0 Å². The second-order valence-electron chi connectivity index (χ2n) is 4.22. The van der Waals surface area contributed by atoms with Gasteiger partial charge < -0.3 is 9.47 Å². The van der Waals surface area contributed by atoms with Crippen LogP contribution in [0, 0.1) is 5.92 Å². The summed E-state index contributed by atoms with van der Waals surface area (Å²) in [5, 5.41) is 0. The number of rotatable bonds is 6. The summed E-state index contributed by atoms with van der Waals surface area (Å²) in [7, 11) is 1.74. The first-order valence-corrected chi connectivity index (χ1v) is 6.18. The van der Waals surface area contributed by atoms with Crippen molar-refractivity contribution in [2.75, 3.05) is 18.1 Å². The summed E-state index contributed by atoms with van der Waals surface area (Å²) >= 11 is 2.34. The zero-order valence-corrected chi connectivity index (χ0v) is 11.4. The summed E-state index contributed by atoms with van der Waals surface area (Å²) in [6.45, 7) is 9.19. The molecular formula is C10H21IO2. The van der Waals surface area contributed by atoms with Crippen molar-refractivity contribution >= 4 is 22.6 Å². The SMILES string of the molecule is COC(COC(C)(C)CI)C(C)C. The first kappa shape index (κ1) is 13.7. The van der Waals surface area contributed by atoms with Crippen molar-refractivity contribution in [2.45, 2.75) is 39.4 Å². The fourth-order valence-electron chi connectivity index (χ4n) is 0.879. The van der Waals surface area contributed by atoms with E-state index >= 15 is 0 Å². The smallest absolute Gasteiger partial charge is 0.0827 e. The van der Waals surface area contributed by atoms with Crippen LogP contribution in [0.5, 0.6) is 0 Å². The highest BCUT2D eigenvalue weighted by Crippen LogP contribution is 2.15. The Kier molecular flexibility index (Phi) is 6.50. The van der Waals surface area contributed by atoms with E-state index in [4.69, 9.17) is 9.47 Å². The van der Waals surface area contributed by atoms with E-state index in [1.165, 1.54) is 0 Å². The van der Waals surface area contributed by atoms with Crippen LogP contribution in [0.1, 0.15) is 27.7 Å². The molecule has 0 spiro atoms. The average molecular weight is 300 g/mol. The standard InChI is InChI=1S/C10H21IO2/c1-8(2)9(12-5)6-13-10(3,4)7-11/h8-9H,6-7H2,1-5H3. The fourth-order valence-corrected chi connectivity index (χ4v) is 1.10. The van der Waals surface area contributed by atoms with Crippen molar-refractivity contribution in [3.05, 3.63) is 0 Å². The Balaban J connectivity index is 3.85. The van der Waals surface area contributed by atoms with E-state index in [0.29, 0.717) is 12.5 Å². The lowest BCUT2D eigenvalue weighted by atomic mass is 10.1. The van der Waals surface area contributed by atoms with Crippen LogP contribution in [0.2, 0.25) is 0 Å². The molecule has 80 valence electrons. The van der Waals surface area contributed by atoms with Gasteiger partial charge in [-0.05, 0) is 19.8 Å². The molecule has 0 bridgehead atoms. The first-order valence-electron chi connectivity index (χ1n) is 4.65. The molecule has 0 aliphatic carbocycles. The number of hydrogen-bond acceptors (Lipinski definition) is 2. The van der Waals surface area contributed by atoms with Crippen molar-refractivity contribution < 1.29 is 9.47 Å². The summed E-state index contributed by atoms with van der Waals surface area (Å²) in [5.74, 6) is 0.509. The lowest BCUT2D eigenvalue weighted by Crippen LogP contribution is -2.33. The van der Waals surface area contributed by atoms with Crippen molar-refractivity contribution in [2.24, 2.45) is 5.92 Å². The van der Waals surface area contributed by atoms with Crippen LogP contribution in [-0.2, 0) is 9.47 Å². The Morgan fingerprint density at radius 1 is 1.31 bits per heavy atom. The Morgan fingerprint density at radius 2 is 1.85 bits per heavy atom. The normalized spacial score (nSPS) is 15.0. The van der Waals surface area contributed by atoms with E-state index in [2.05, 4.69) is 50.3 Å². The van der Waals surface area contributed by atoms with Gasteiger partial charge in [-0.15, -0.1) is 0 Å². The largest absolute Gasteiger partial charge is 0.379 e. The molecule has 1 unspecified atom stereocenters. The van der Waals surface area contributed by atoms with Gasteiger partial charge in [0.1, 0.15) is 0 Å². The highest BCUT2D eigenvalue weighted by Gasteiger charge is 2.20. The molecule has 0 amide bonds. The van der Waals surface area contributed by atoms with Gasteiger partial charge in [-0.3, -0.25) is 0 Å². The zero-order chi connectivity index (χ0) is 10.5. The molecule has 0 N–H and O–H groups in total. The average Bonchev–Trinajstić information content (AvgIpc) is 2.05. The molecule has 0 rings (SSSR count). The molecule has 13 heavy (non-hydrogen) atoms. The van der Waals surface area contributed by atoms with E-state index in [-0.39, 0.29) is 11.7 Å². The summed E-state index contributed by atoms with van der Waals surface area (Å²) < 4.78 is 12.1. The maximum absolute atomic E-state index is 5.76. The minimum atomic E-state index is -0.0355. The van der Waals surface area contributed by atoms with Crippen LogP contribution in [0.4, 0.5) is 0 Å². The number of ether oxygens (including phenoxy) is 2. The van der Waals surface area contributed by atoms with Crippen LogP contribution >= 0.6 is 22.6 Å². The quantitative estimate of drug-likeness (QED) is 0.555. The fraction of sp³-hybridized carbons (Fsp3) is 1.00. The monoisotopic (exact) mass is 300 g/mol. The van der Waals surface area contributed by atoms with Crippen molar-refractivity contribution in [3.8, 4) is 0 Å². The van der Waals surface area contributed by atoms with Gasteiger partial charge in [0.15, 0.2) is 0 Å². The van der Waals surface area contributed by atoms with Crippen LogP contribution in [0.15, 0.2) is 0 Å². The second-order valence-corrected chi connectivity index (χ2v) is 4.99. The Bertz CT molecular complexity index is 135. The van der Waals surface area contributed by atoms with Gasteiger partial charge in [0.05, 0.1) is 18.3 Å². The second kappa shape index (κ2) is 6.19. The molecule has 0 saturated carbocycles. The van der Waals surface area contributed by atoms with Gasteiger partial charge in [0.25, 0.3) is 0 Å². The van der Waals surface area contributed by atoms with E-state index in [1.807, 2.05) is 0 Å². The van der Waals surface area contributed by atoms with Crippen LogP contribution < -0.4 is 0 Å². The van der Waals surface area contributed by atoms with Crippen molar-refractivity contribution in [1.29, 1.82) is 0 Å². The highest BCUT2D eigenvalue weighted by molar-refractivity contribution is 14.1. The zero-order valence-electron chi connectivity index (χ0n) is 9.26. The van der Waals surface area contributed by atoms with Gasteiger partial charge in [-0.1, -0.05) is 36.4 Å². The molecule has 0 aromatic heterocycles. The van der Waals surface area contributed by atoms with Crippen LogP contribution in [-0.4, -0.2) is 29.8 Å². The number of methoxy groups -OCH3 is 1. The topological polar surface area (TPSA) is 18.5 Å². The third-order valence-electron chi connectivity index (χ3n) is 2.01. The van der Waals surface area contributed by atoms with Gasteiger partial charge in [-0.25, -0.2) is 0 Å². The van der Waals surface area contributed by atoms with E-state index in [1.54, 1.807) is 7.11 Å². The van der Waals surface area contributed by atoms with Gasteiger partial charge >= 0.3 is 0 Å². The van der Waals surface area contributed by atoms with Gasteiger partial charge in [0.2, 0.25) is 0 Å². The molecular weight excluding hydrogens is 279 g/mol. The number of hydrogen-bond donors (Lipinski definition) is 0. The molecule has 0 fully saturated rings. The molecule has 0 aromatic rings. The summed E-state index contributed by atoms with van der Waals surface area (Å²) in [5.41, 5.74) is -0.0355. The molecule has 0 aliphatic heterocycles. The van der Waals surface area contributed by atoms with Gasteiger partial charge in [0, 0.05) is 11.5 Å². The number of alkyl halides is 1. The minimum Gasteiger partial charge on any atom is -0.379 e. The minimum absolute atomic E-state index is 0.0355. The van der Waals surface area contributed by atoms with Crippen molar-refractivity contribution in [1.82, 2.24) is 0 Å². The predicted octanol–water partition coefficient (Wildman–Crippen LogP) is 2.89. The van der Waals surface area contributed by atoms with E-state index in [9.17, 15) is 0 Å². The molecule has 0 saturated heterocycles. The molecule has 1 atom stereocenters. The van der Waals surface area contributed by atoms with Gasteiger partial charge in [-0.2, -0.15) is 0 Å². The molecule has 0 aliphatic rings. The summed E-state index contributed by atoms with van der Waals surface area (Å²) in [4.78, 5) is 0. The maximum Gasteiger partial charge on any atom is 0.0827 e. The van der Waals surface area contributed by atoms with E-state index < -0.39 is 0 Å². The van der Waals surface area contributed by atoms with Crippen molar-refractivity contribution in [3.63, 3.8) is 0 Å². The Hall–Kier alpha value is 0.650. The molecule has 0 aromatic carbocycles. The maximum atomic E-state index is 5.76. The van der Waals surface area contributed by atoms with Crippen LogP contribution in [0.25, 0.3) is 0 Å². The number of halogens is 1. The third kappa shape index (κ3) is 5.86. The molecule has 0 heterocycles. The molecule has 2 nitrogen and oxygen atoms in total. The Morgan fingerprint density at radius 3 is 2.15 bits per heavy atom. The summed E-state index contributed by atoms with van der Waals surface area (Å²) in [6.07, 6.45) is 0.210. The first-order chi connectivity index (χ1) is 5.93. The lowest BCUT2D eigenvalue weighted by Gasteiger charge is -2.27. The highest BCUT2D eigenvalue weighted by atomic mass is 127. The molecule has 0 radical (unpaired) electrons. The lowest BCUT2D eigenvalue weighted by molar-refractivity contribution is -0.0705. The summed E-state index contributed by atoms with van der Waals surface area (Å²) in [6, 6.07) is 0. The third-order valence-corrected chi connectivity index (χ3v) is 3.84. The molecule has 3 heteroatoms.